The molecule has 0 aromatic carbocycles. The SMILES string of the molecule is C=C(Cl)CNCC1(CC)CCCC1. The summed E-state index contributed by atoms with van der Waals surface area (Å²) in [6.45, 7) is 7.82. The van der Waals surface area contributed by atoms with Gasteiger partial charge in [-0.15, -0.1) is 0 Å². The van der Waals surface area contributed by atoms with E-state index in [-0.39, 0.29) is 0 Å². The summed E-state index contributed by atoms with van der Waals surface area (Å²) < 4.78 is 0. The van der Waals surface area contributed by atoms with Gasteiger partial charge in [0.05, 0.1) is 0 Å². The van der Waals surface area contributed by atoms with Crippen LogP contribution in [0.4, 0.5) is 0 Å². The van der Waals surface area contributed by atoms with Gasteiger partial charge < -0.3 is 5.32 Å². The lowest BCUT2D eigenvalue weighted by atomic mass is 9.83. The Bertz CT molecular complexity index is 171. The van der Waals surface area contributed by atoms with Crippen LogP contribution in [0.25, 0.3) is 0 Å². The Morgan fingerprint density at radius 2 is 2.08 bits per heavy atom. The van der Waals surface area contributed by atoms with Gasteiger partial charge in [0.1, 0.15) is 0 Å². The average Bonchev–Trinajstić information content (AvgIpc) is 2.53. The van der Waals surface area contributed by atoms with Crippen molar-refractivity contribution in [3.63, 3.8) is 0 Å². The predicted molar refractivity (Wildman–Crippen MR) is 59.1 cm³/mol. The Morgan fingerprint density at radius 1 is 1.46 bits per heavy atom. The Kier molecular flexibility index (Phi) is 4.27. The van der Waals surface area contributed by atoms with E-state index in [4.69, 9.17) is 11.6 Å². The second-order valence-corrected chi connectivity index (χ2v) is 4.72. The normalized spacial score (nSPS) is 20.5. The Hall–Kier alpha value is -0.0100. The van der Waals surface area contributed by atoms with Crippen molar-refractivity contribution in [3.8, 4) is 0 Å². The first-order valence-electron chi connectivity index (χ1n) is 5.22. The van der Waals surface area contributed by atoms with Gasteiger partial charge in [-0.25, -0.2) is 0 Å². The molecule has 0 amide bonds. The first kappa shape index (κ1) is 11.1. The molecule has 0 aromatic heterocycles. The summed E-state index contributed by atoms with van der Waals surface area (Å²) in [6.07, 6.45) is 6.85. The minimum absolute atomic E-state index is 0.562. The number of halogens is 1. The summed E-state index contributed by atoms with van der Waals surface area (Å²) in [4.78, 5) is 0. The average molecular weight is 202 g/mol. The highest BCUT2D eigenvalue weighted by Gasteiger charge is 2.31. The molecule has 13 heavy (non-hydrogen) atoms. The zero-order valence-corrected chi connectivity index (χ0v) is 9.29. The zero-order valence-electron chi connectivity index (χ0n) is 8.53. The molecule has 1 saturated carbocycles. The van der Waals surface area contributed by atoms with E-state index in [9.17, 15) is 0 Å². The summed E-state index contributed by atoms with van der Waals surface area (Å²) >= 11 is 5.69. The number of nitrogens with one attached hydrogen (secondary N) is 1. The molecule has 1 rings (SSSR count). The van der Waals surface area contributed by atoms with Crippen LogP contribution >= 0.6 is 11.6 Å². The minimum atomic E-state index is 0.562. The molecule has 1 N–H and O–H groups in total. The molecule has 1 nitrogen and oxygen atoms in total. The van der Waals surface area contributed by atoms with Gasteiger partial charge in [-0.05, 0) is 24.7 Å². The fourth-order valence-corrected chi connectivity index (χ4v) is 2.34. The molecule has 0 aliphatic heterocycles. The van der Waals surface area contributed by atoms with Crippen LogP contribution in [0.2, 0.25) is 0 Å². The van der Waals surface area contributed by atoms with Gasteiger partial charge in [0.15, 0.2) is 0 Å². The third kappa shape index (κ3) is 3.32. The standard InChI is InChI=1S/C11H20ClN/c1-3-11(6-4-5-7-11)9-13-8-10(2)12/h13H,2-9H2,1H3. The number of rotatable bonds is 5. The lowest BCUT2D eigenvalue weighted by molar-refractivity contribution is 0.273. The van der Waals surface area contributed by atoms with Crippen molar-refractivity contribution in [1.82, 2.24) is 5.32 Å². The summed E-state index contributed by atoms with van der Waals surface area (Å²) in [5.74, 6) is 0. The van der Waals surface area contributed by atoms with Gasteiger partial charge in [0.2, 0.25) is 0 Å². The van der Waals surface area contributed by atoms with E-state index in [1.807, 2.05) is 0 Å². The molecular weight excluding hydrogens is 182 g/mol. The van der Waals surface area contributed by atoms with E-state index in [1.165, 1.54) is 32.1 Å². The predicted octanol–water partition coefficient (Wildman–Crippen LogP) is 3.30. The van der Waals surface area contributed by atoms with Crippen LogP contribution in [-0.2, 0) is 0 Å². The van der Waals surface area contributed by atoms with Crippen LogP contribution in [0.5, 0.6) is 0 Å². The number of hydrogen-bond donors (Lipinski definition) is 1. The first-order chi connectivity index (χ1) is 6.18. The second kappa shape index (κ2) is 5.02. The van der Waals surface area contributed by atoms with Crippen molar-refractivity contribution in [2.45, 2.75) is 39.0 Å². The van der Waals surface area contributed by atoms with E-state index in [2.05, 4.69) is 18.8 Å². The highest BCUT2D eigenvalue weighted by molar-refractivity contribution is 6.29. The molecule has 0 heterocycles. The molecule has 2 heteroatoms. The molecular formula is C11H20ClN. The van der Waals surface area contributed by atoms with Gasteiger partial charge in [-0.2, -0.15) is 0 Å². The number of hydrogen-bond acceptors (Lipinski definition) is 1. The second-order valence-electron chi connectivity index (χ2n) is 4.18. The van der Waals surface area contributed by atoms with E-state index < -0.39 is 0 Å². The largest absolute Gasteiger partial charge is 0.311 e. The maximum atomic E-state index is 5.69. The molecule has 0 bridgehead atoms. The third-order valence-corrected chi connectivity index (χ3v) is 3.36. The highest BCUT2D eigenvalue weighted by atomic mass is 35.5. The maximum Gasteiger partial charge on any atom is 0.0307 e. The van der Waals surface area contributed by atoms with Gasteiger partial charge >= 0.3 is 0 Å². The quantitative estimate of drug-likeness (QED) is 0.720. The lowest BCUT2D eigenvalue weighted by Gasteiger charge is -2.27. The van der Waals surface area contributed by atoms with Crippen molar-refractivity contribution in [1.29, 1.82) is 0 Å². The van der Waals surface area contributed by atoms with Crippen LogP contribution in [0.1, 0.15) is 39.0 Å². The molecule has 76 valence electrons. The molecule has 0 radical (unpaired) electrons. The third-order valence-electron chi connectivity index (χ3n) is 3.23. The van der Waals surface area contributed by atoms with E-state index in [1.54, 1.807) is 0 Å². The van der Waals surface area contributed by atoms with E-state index in [0.717, 1.165) is 13.1 Å². The van der Waals surface area contributed by atoms with Gasteiger partial charge in [-0.3, -0.25) is 0 Å². The Morgan fingerprint density at radius 3 is 2.54 bits per heavy atom. The first-order valence-corrected chi connectivity index (χ1v) is 5.60. The van der Waals surface area contributed by atoms with Crippen molar-refractivity contribution in [3.05, 3.63) is 11.6 Å². The monoisotopic (exact) mass is 201 g/mol. The van der Waals surface area contributed by atoms with Gasteiger partial charge in [-0.1, -0.05) is 37.9 Å². The molecule has 0 aromatic rings. The minimum Gasteiger partial charge on any atom is -0.311 e. The van der Waals surface area contributed by atoms with Crippen molar-refractivity contribution in [2.24, 2.45) is 5.41 Å². The summed E-state index contributed by atoms with van der Waals surface area (Å²) in [7, 11) is 0. The van der Waals surface area contributed by atoms with Crippen molar-refractivity contribution < 1.29 is 0 Å². The van der Waals surface area contributed by atoms with E-state index in [0.29, 0.717) is 10.4 Å². The van der Waals surface area contributed by atoms with Crippen LogP contribution < -0.4 is 5.32 Å². The zero-order chi connectivity index (χ0) is 9.73. The molecule has 0 saturated heterocycles. The molecule has 1 aliphatic carbocycles. The Labute approximate surface area is 86.5 Å². The Balaban J connectivity index is 2.27. The topological polar surface area (TPSA) is 12.0 Å². The van der Waals surface area contributed by atoms with Crippen molar-refractivity contribution in [2.75, 3.05) is 13.1 Å². The van der Waals surface area contributed by atoms with Crippen molar-refractivity contribution >= 4 is 11.6 Å². The van der Waals surface area contributed by atoms with Crippen LogP contribution in [0.15, 0.2) is 11.6 Å². The molecule has 0 spiro atoms. The van der Waals surface area contributed by atoms with Gasteiger partial charge in [0, 0.05) is 18.1 Å². The van der Waals surface area contributed by atoms with Crippen LogP contribution in [-0.4, -0.2) is 13.1 Å². The highest BCUT2D eigenvalue weighted by Crippen LogP contribution is 2.40. The smallest absolute Gasteiger partial charge is 0.0307 e. The summed E-state index contributed by atoms with van der Waals surface area (Å²) in [6, 6.07) is 0. The van der Waals surface area contributed by atoms with Crippen LogP contribution in [0.3, 0.4) is 0 Å². The fourth-order valence-electron chi connectivity index (χ4n) is 2.24. The van der Waals surface area contributed by atoms with E-state index >= 15 is 0 Å². The van der Waals surface area contributed by atoms with Gasteiger partial charge in [0.25, 0.3) is 0 Å². The molecule has 0 atom stereocenters. The van der Waals surface area contributed by atoms with Crippen LogP contribution in [0, 0.1) is 5.41 Å². The molecule has 0 unspecified atom stereocenters. The summed E-state index contributed by atoms with van der Waals surface area (Å²) in [5, 5.41) is 4.10. The molecule has 1 aliphatic rings. The lowest BCUT2D eigenvalue weighted by Crippen LogP contribution is -2.32. The summed E-state index contributed by atoms with van der Waals surface area (Å²) in [5.41, 5.74) is 0.562. The fraction of sp³-hybridized carbons (Fsp3) is 0.818. The molecule has 1 fully saturated rings. The maximum absolute atomic E-state index is 5.69.